The van der Waals surface area contributed by atoms with Crippen molar-refractivity contribution in [2.75, 3.05) is 0 Å². The van der Waals surface area contributed by atoms with Gasteiger partial charge in [0.15, 0.2) is 74.6 Å². The van der Waals surface area contributed by atoms with E-state index in [1.807, 2.05) is 0 Å². The van der Waals surface area contributed by atoms with Crippen LogP contribution in [0.25, 0.3) is 87.6 Å². The predicted molar refractivity (Wildman–Crippen MR) is 222 cm³/mol. The summed E-state index contributed by atoms with van der Waals surface area (Å²) in [6.45, 7) is 1.34. The second-order valence-electron chi connectivity index (χ2n) is 14.4. The van der Waals surface area contributed by atoms with Gasteiger partial charge in [-0.2, -0.15) is 0 Å². The van der Waals surface area contributed by atoms with E-state index >= 15 is 0 Å². The minimum absolute atomic E-state index is 0.0495. The highest BCUT2D eigenvalue weighted by molar-refractivity contribution is 6.38. The van der Waals surface area contributed by atoms with Crippen molar-refractivity contribution in [3.63, 3.8) is 0 Å². The number of fused-ring (bicyclic) bond motifs is 7. The van der Waals surface area contributed by atoms with Crippen molar-refractivity contribution in [3.8, 4) is 125 Å². The summed E-state index contributed by atoms with van der Waals surface area (Å²) < 4.78 is 6.13. The maximum Gasteiger partial charge on any atom is 0.205 e. The van der Waals surface area contributed by atoms with Crippen LogP contribution < -0.4 is 5.46 Å². The van der Waals surface area contributed by atoms with Crippen molar-refractivity contribution in [3.05, 3.63) is 54.1 Å². The predicted octanol–water partition coefficient (Wildman–Crippen LogP) is 5.90. The largest absolute Gasteiger partial charge is 0.508 e. The Kier molecular flexibility index (Phi) is 7.65. The minimum atomic E-state index is -1.22. The molecule has 1 aromatic heterocycles. The fourth-order valence-corrected chi connectivity index (χ4v) is 8.38. The lowest BCUT2D eigenvalue weighted by molar-refractivity contribution is 0.349. The fourth-order valence-electron chi connectivity index (χ4n) is 8.38. The van der Waals surface area contributed by atoms with E-state index < -0.39 is 136 Å². The van der Waals surface area contributed by atoms with Crippen LogP contribution in [-0.2, 0) is 0 Å². The van der Waals surface area contributed by atoms with Gasteiger partial charge in [-0.3, -0.25) is 0 Å². The highest BCUT2D eigenvalue weighted by Crippen LogP contribution is 2.64. The van der Waals surface area contributed by atoms with Crippen molar-refractivity contribution >= 4 is 67.6 Å². The number of aryl methyl sites for hydroxylation is 1. The Balaban J connectivity index is 1.46. The third-order valence-corrected chi connectivity index (χ3v) is 11.3. The van der Waals surface area contributed by atoms with Crippen LogP contribution in [0.15, 0.2) is 52.9 Å². The minimum Gasteiger partial charge on any atom is -0.508 e. The molecule has 0 bridgehead atoms. The molecule has 306 valence electrons. The number of phenolic OH excluding ortho intramolecular Hbond substituents is 16. The van der Waals surface area contributed by atoms with Crippen LogP contribution in [0.2, 0.25) is 0 Å². The smallest absolute Gasteiger partial charge is 0.205 e. The molecule has 9 aromatic rings. The molecule has 1 heterocycles. The number of rotatable bonds is 3. The van der Waals surface area contributed by atoms with Crippen molar-refractivity contribution < 1.29 is 86.1 Å². The van der Waals surface area contributed by atoms with Gasteiger partial charge < -0.3 is 86.1 Å². The van der Waals surface area contributed by atoms with Gasteiger partial charge >= 0.3 is 0 Å². The molecule has 61 heavy (non-hydrogen) atoms. The van der Waals surface area contributed by atoms with Crippen LogP contribution in [0.4, 0.5) is 0 Å². The first kappa shape index (κ1) is 37.8. The van der Waals surface area contributed by atoms with E-state index in [9.17, 15) is 81.7 Å². The molecule has 0 radical (unpaired) electrons. The molecule has 0 atom stereocenters. The van der Waals surface area contributed by atoms with Gasteiger partial charge in [0.2, 0.25) is 17.2 Å². The SMILES string of the molecule is Bc1c(O)c(O)c(O)c(-c2c(O)c(O)c(-c3c4ccccc4c(-c4c(O)c(O)c(C)c5oc6c7c(O)c(O)c(O)c(O)c7c(O)c(O)c6c45)c4ccccc34)c(O)c2O)c1O. The zero-order valence-corrected chi connectivity index (χ0v) is 31.2. The number of furan rings is 1. The highest BCUT2D eigenvalue weighted by Gasteiger charge is 2.36. The Labute approximate surface area is 339 Å². The van der Waals surface area contributed by atoms with E-state index in [-0.39, 0.29) is 54.8 Å². The van der Waals surface area contributed by atoms with Gasteiger partial charge in [-0.05, 0) is 33.9 Å². The van der Waals surface area contributed by atoms with Crippen molar-refractivity contribution in [2.45, 2.75) is 6.92 Å². The van der Waals surface area contributed by atoms with Gasteiger partial charge in [0, 0.05) is 27.6 Å². The molecule has 8 aromatic carbocycles. The van der Waals surface area contributed by atoms with Gasteiger partial charge in [0.25, 0.3) is 0 Å². The maximum absolute atomic E-state index is 11.9. The Hall–Kier alpha value is -8.80. The van der Waals surface area contributed by atoms with Crippen LogP contribution in [0.1, 0.15) is 5.56 Å². The normalized spacial score (nSPS) is 11.8. The molecule has 0 aliphatic rings. The first-order chi connectivity index (χ1) is 28.8. The van der Waals surface area contributed by atoms with E-state index in [1.165, 1.54) is 31.2 Å². The molecule has 0 aliphatic carbocycles. The van der Waals surface area contributed by atoms with E-state index in [4.69, 9.17) is 4.42 Å². The topological polar surface area (TPSA) is 337 Å². The molecule has 17 nitrogen and oxygen atoms in total. The highest BCUT2D eigenvalue weighted by atomic mass is 16.4. The first-order valence-corrected chi connectivity index (χ1v) is 17.9. The molecular formula is C43H29BO17. The summed E-state index contributed by atoms with van der Waals surface area (Å²) in [7, 11) is 1.14. The first-order valence-electron chi connectivity index (χ1n) is 17.9. The van der Waals surface area contributed by atoms with E-state index in [2.05, 4.69) is 0 Å². The summed E-state index contributed by atoms with van der Waals surface area (Å²) in [4.78, 5) is 0. The zero-order valence-electron chi connectivity index (χ0n) is 31.2. The standard InChI is InChI=1S/C43H29BO17/c1-10-26(45)28(47)17(18-23-36(55)33(52)22-24(43(23)61-42(10)18)37(56)41(60)40(59)35(22)54)15-11-6-2-4-8-13(11)16(14-9-5-3-7-12(14)15)19-29(48)31(50)21(32(51)30(19)49)20-27(46)25(44)38(57)39(58)34(20)53/h2-9,45-60H,44H2,1H3. The lowest BCUT2D eigenvalue weighted by Crippen LogP contribution is -2.06. The maximum atomic E-state index is 11.9. The summed E-state index contributed by atoms with van der Waals surface area (Å²) in [6, 6.07) is 12.3. The zero-order chi connectivity index (χ0) is 44.0. The van der Waals surface area contributed by atoms with Gasteiger partial charge in [0.1, 0.15) is 19.2 Å². The van der Waals surface area contributed by atoms with Crippen LogP contribution in [0.5, 0.6) is 92.0 Å². The quantitative estimate of drug-likeness (QED) is 0.0426. The van der Waals surface area contributed by atoms with Crippen molar-refractivity contribution in [2.24, 2.45) is 0 Å². The number of hydrogen-bond donors (Lipinski definition) is 16. The van der Waals surface area contributed by atoms with E-state index in [1.54, 1.807) is 24.3 Å². The molecule has 0 spiro atoms. The average molecular weight is 829 g/mol. The molecule has 0 saturated heterocycles. The van der Waals surface area contributed by atoms with Gasteiger partial charge in [-0.15, -0.1) is 0 Å². The van der Waals surface area contributed by atoms with Crippen LogP contribution in [0.3, 0.4) is 0 Å². The Morgan fingerprint density at radius 3 is 1.13 bits per heavy atom. The molecule has 0 aliphatic heterocycles. The molecule has 16 N–H and O–H groups in total. The molecular weight excluding hydrogens is 799 g/mol. The van der Waals surface area contributed by atoms with Gasteiger partial charge in [-0.1, -0.05) is 48.5 Å². The van der Waals surface area contributed by atoms with Crippen molar-refractivity contribution in [1.29, 1.82) is 0 Å². The fraction of sp³-hybridized carbons (Fsp3) is 0.0233. The monoisotopic (exact) mass is 828 g/mol. The van der Waals surface area contributed by atoms with Gasteiger partial charge in [-0.25, -0.2) is 0 Å². The summed E-state index contributed by atoms with van der Waals surface area (Å²) in [5.74, 6) is -17.0. The second-order valence-corrected chi connectivity index (χ2v) is 14.4. The molecule has 9 rings (SSSR count). The number of phenols is 16. The number of benzene rings is 8. The third kappa shape index (κ3) is 4.54. The number of hydrogen-bond acceptors (Lipinski definition) is 17. The van der Waals surface area contributed by atoms with Crippen LogP contribution in [0, 0.1) is 6.92 Å². The van der Waals surface area contributed by atoms with E-state index in [0.717, 1.165) is 7.85 Å². The summed E-state index contributed by atoms with van der Waals surface area (Å²) in [5, 5.41) is 176. The van der Waals surface area contributed by atoms with Crippen LogP contribution in [-0.4, -0.2) is 89.6 Å². The van der Waals surface area contributed by atoms with E-state index in [0.29, 0.717) is 0 Å². The Morgan fingerprint density at radius 1 is 0.311 bits per heavy atom. The molecule has 0 fully saturated rings. The average Bonchev–Trinajstić information content (AvgIpc) is 3.65. The van der Waals surface area contributed by atoms with Gasteiger partial charge in [0.05, 0.1) is 32.8 Å². The lowest BCUT2D eigenvalue weighted by Gasteiger charge is -2.22. The summed E-state index contributed by atoms with van der Waals surface area (Å²) in [5.41, 5.74) is -3.78. The second kappa shape index (κ2) is 12.4. The van der Waals surface area contributed by atoms with Crippen LogP contribution >= 0.6 is 0 Å². The number of aromatic hydroxyl groups is 16. The lowest BCUT2D eigenvalue weighted by atomic mass is 9.82. The summed E-state index contributed by atoms with van der Waals surface area (Å²) >= 11 is 0. The Bertz CT molecular complexity index is 3400. The van der Waals surface area contributed by atoms with Crippen molar-refractivity contribution in [1.82, 2.24) is 0 Å². The molecule has 18 heteroatoms. The third-order valence-electron chi connectivity index (χ3n) is 11.3. The Morgan fingerprint density at radius 2 is 0.639 bits per heavy atom. The summed E-state index contributed by atoms with van der Waals surface area (Å²) in [6.07, 6.45) is 0. The molecule has 0 amide bonds. The molecule has 0 unspecified atom stereocenters. The molecule has 0 saturated carbocycles.